The summed E-state index contributed by atoms with van der Waals surface area (Å²) in [5, 5.41) is 11.8. The van der Waals surface area contributed by atoms with Crippen LogP contribution in [0.2, 0.25) is 0 Å². The second-order valence-corrected chi connectivity index (χ2v) is 5.37. The molecule has 5 heteroatoms. The van der Waals surface area contributed by atoms with Gasteiger partial charge in [0.05, 0.1) is 24.4 Å². The van der Waals surface area contributed by atoms with E-state index in [-0.39, 0.29) is 0 Å². The lowest BCUT2D eigenvalue weighted by atomic mass is 9.90. The molecule has 0 radical (unpaired) electrons. The summed E-state index contributed by atoms with van der Waals surface area (Å²) in [5.74, 6) is 1.00. The molecule has 104 valence electrons. The number of hydrogen-bond acceptors (Lipinski definition) is 5. The highest BCUT2D eigenvalue weighted by Crippen LogP contribution is 2.30. The van der Waals surface area contributed by atoms with Crippen LogP contribution in [-0.4, -0.2) is 42.5 Å². The molecule has 2 unspecified atom stereocenters. The van der Waals surface area contributed by atoms with Gasteiger partial charge in [0.1, 0.15) is 0 Å². The maximum absolute atomic E-state index is 5.90. The van der Waals surface area contributed by atoms with Crippen molar-refractivity contribution in [3.05, 3.63) is 17.8 Å². The van der Waals surface area contributed by atoms with Gasteiger partial charge in [0, 0.05) is 13.1 Å². The smallest absolute Gasteiger partial charge is 0.151 e. The molecule has 0 bridgehead atoms. The van der Waals surface area contributed by atoms with Crippen LogP contribution in [-0.2, 0) is 11.3 Å². The van der Waals surface area contributed by atoms with Crippen LogP contribution >= 0.6 is 0 Å². The second kappa shape index (κ2) is 5.84. The summed E-state index contributed by atoms with van der Waals surface area (Å²) < 4.78 is 5.90. The third kappa shape index (κ3) is 2.72. The molecule has 1 saturated carbocycles. The van der Waals surface area contributed by atoms with Crippen LogP contribution in [0.4, 0.5) is 5.82 Å². The van der Waals surface area contributed by atoms with Crippen LogP contribution in [0.15, 0.2) is 12.1 Å². The van der Waals surface area contributed by atoms with Crippen molar-refractivity contribution in [1.29, 1.82) is 0 Å². The molecule has 2 atom stereocenters. The van der Waals surface area contributed by atoms with Crippen molar-refractivity contribution in [2.75, 3.05) is 25.1 Å². The van der Waals surface area contributed by atoms with E-state index in [9.17, 15) is 0 Å². The molecule has 0 spiro atoms. The van der Waals surface area contributed by atoms with Gasteiger partial charge < -0.3 is 15.0 Å². The first-order valence-electron chi connectivity index (χ1n) is 7.24. The van der Waals surface area contributed by atoms with Gasteiger partial charge in [-0.1, -0.05) is 12.8 Å². The van der Waals surface area contributed by atoms with E-state index >= 15 is 0 Å². The lowest BCUT2D eigenvalue weighted by molar-refractivity contribution is -0.00905. The molecule has 2 aliphatic rings. The monoisotopic (exact) mass is 262 g/mol. The van der Waals surface area contributed by atoms with Crippen LogP contribution in [0.3, 0.4) is 0 Å². The zero-order valence-electron chi connectivity index (χ0n) is 11.5. The van der Waals surface area contributed by atoms with Gasteiger partial charge in [-0.3, -0.25) is 0 Å². The molecule has 1 aromatic rings. The number of nitrogens with one attached hydrogen (secondary N) is 1. The fourth-order valence-electron chi connectivity index (χ4n) is 3.16. The molecular formula is C14H22N4O. The third-order valence-corrected chi connectivity index (χ3v) is 4.09. The van der Waals surface area contributed by atoms with Crippen LogP contribution in [0.5, 0.6) is 0 Å². The SMILES string of the molecule is CNCc1ccc(N2CCOC3CCCCC32)nn1. The van der Waals surface area contributed by atoms with Gasteiger partial charge in [0.15, 0.2) is 5.82 Å². The van der Waals surface area contributed by atoms with Crippen LogP contribution in [0.1, 0.15) is 31.4 Å². The number of hydrogen-bond donors (Lipinski definition) is 1. The fraction of sp³-hybridized carbons (Fsp3) is 0.714. The van der Waals surface area contributed by atoms with E-state index in [1.165, 1.54) is 25.7 Å². The molecule has 1 aliphatic carbocycles. The molecule has 19 heavy (non-hydrogen) atoms. The lowest BCUT2D eigenvalue weighted by Gasteiger charge is -2.44. The molecule has 1 saturated heterocycles. The Hall–Kier alpha value is -1.20. The zero-order valence-corrected chi connectivity index (χ0v) is 11.5. The molecular weight excluding hydrogens is 240 g/mol. The summed E-state index contributed by atoms with van der Waals surface area (Å²) >= 11 is 0. The van der Waals surface area contributed by atoms with E-state index in [2.05, 4.69) is 32.5 Å². The minimum absolute atomic E-state index is 0.390. The molecule has 2 heterocycles. The van der Waals surface area contributed by atoms with Gasteiger partial charge in [-0.05, 0) is 32.0 Å². The number of fused-ring (bicyclic) bond motifs is 1. The van der Waals surface area contributed by atoms with Crippen molar-refractivity contribution < 1.29 is 4.74 Å². The van der Waals surface area contributed by atoms with Crippen molar-refractivity contribution >= 4 is 5.82 Å². The van der Waals surface area contributed by atoms with Gasteiger partial charge >= 0.3 is 0 Å². The van der Waals surface area contributed by atoms with Crippen LogP contribution in [0.25, 0.3) is 0 Å². The molecule has 3 rings (SSSR count). The highest BCUT2D eigenvalue weighted by molar-refractivity contribution is 5.40. The average Bonchev–Trinajstić information content (AvgIpc) is 2.48. The quantitative estimate of drug-likeness (QED) is 0.891. The summed E-state index contributed by atoms with van der Waals surface area (Å²) in [6.07, 6.45) is 5.38. The van der Waals surface area contributed by atoms with E-state index in [1.807, 2.05) is 7.05 Å². The topological polar surface area (TPSA) is 50.3 Å². The summed E-state index contributed by atoms with van der Waals surface area (Å²) in [6, 6.07) is 4.65. The maximum Gasteiger partial charge on any atom is 0.151 e. The van der Waals surface area contributed by atoms with Gasteiger partial charge in [0.2, 0.25) is 0 Å². The Bertz CT molecular complexity index is 406. The highest BCUT2D eigenvalue weighted by atomic mass is 16.5. The standard InChI is InChI=1S/C14H22N4O/c1-15-10-11-6-7-14(17-16-11)18-8-9-19-13-5-3-2-4-12(13)18/h6-7,12-13,15H,2-5,8-10H2,1H3. The summed E-state index contributed by atoms with van der Waals surface area (Å²) in [4.78, 5) is 2.39. The van der Waals surface area contributed by atoms with Crippen LogP contribution in [0, 0.1) is 0 Å². The molecule has 5 nitrogen and oxygen atoms in total. The Labute approximate surface area is 114 Å². The van der Waals surface area contributed by atoms with Crippen LogP contribution < -0.4 is 10.2 Å². The lowest BCUT2D eigenvalue weighted by Crippen LogP contribution is -2.53. The Morgan fingerprint density at radius 1 is 1.32 bits per heavy atom. The van der Waals surface area contributed by atoms with E-state index in [0.29, 0.717) is 12.1 Å². The van der Waals surface area contributed by atoms with Gasteiger partial charge in [-0.2, -0.15) is 5.10 Å². The zero-order chi connectivity index (χ0) is 13.1. The summed E-state index contributed by atoms with van der Waals surface area (Å²) in [7, 11) is 1.92. The Morgan fingerprint density at radius 2 is 2.21 bits per heavy atom. The fourth-order valence-corrected chi connectivity index (χ4v) is 3.16. The highest BCUT2D eigenvalue weighted by Gasteiger charge is 2.34. The maximum atomic E-state index is 5.90. The minimum Gasteiger partial charge on any atom is -0.374 e. The first-order valence-corrected chi connectivity index (χ1v) is 7.24. The van der Waals surface area contributed by atoms with Crippen molar-refractivity contribution in [1.82, 2.24) is 15.5 Å². The molecule has 1 aliphatic heterocycles. The summed E-state index contributed by atoms with van der Waals surface area (Å²) in [6.45, 7) is 2.50. The normalized spacial score (nSPS) is 27.1. The Morgan fingerprint density at radius 3 is 3.00 bits per heavy atom. The van der Waals surface area contributed by atoms with E-state index in [1.54, 1.807) is 0 Å². The molecule has 1 N–H and O–H groups in total. The number of morpholine rings is 1. The minimum atomic E-state index is 0.390. The van der Waals surface area contributed by atoms with Gasteiger partial charge in [-0.15, -0.1) is 5.10 Å². The first kappa shape index (κ1) is 12.8. The molecule has 0 aromatic carbocycles. The predicted molar refractivity (Wildman–Crippen MR) is 74.1 cm³/mol. The molecule has 1 aromatic heterocycles. The largest absolute Gasteiger partial charge is 0.374 e. The Kier molecular flexibility index (Phi) is 3.94. The second-order valence-electron chi connectivity index (χ2n) is 5.37. The number of anilines is 1. The van der Waals surface area contributed by atoms with Gasteiger partial charge in [0.25, 0.3) is 0 Å². The van der Waals surface area contributed by atoms with Crippen molar-refractivity contribution in [2.24, 2.45) is 0 Å². The summed E-state index contributed by atoms with van der Waals surface area (Å²) in [5.41, 5.74) is 0.986. The third-order valence-electron chi connectivity index (χ3n) is 4.09. The number of aromatic nitrogens is 2. The van der Waals surface area contributed by atoms with E-state index in [0.717, 1.165) is 31.2 Å². The number of ether oxygens (including phenoxy) is 1. The Balaban J connectivity index is 1.75. The number of rotatable bonds is 3. The van der Waals surface area contributed by atoms with E-state index < -0.39 is 0 Å². The molecule has 0 amide bonds. The number of nitrogens with zero attached hydrogens (tertiary/aromatic N) is 3. The van der Waals surface area contributed by atoms with Crippen molar-refractivity contribution in [3.8, 4) is 0 Å². The first-order chi connectivity index (χ1) is 9.38. The van der Waals surface area contributed by atoms with Crippen molar-refractivity contribution in [3.63, 3.8) is 0 Å². The van der Waals surface area contributed by atoms with Gasteiger partial charge in [-0.25, -0.2) is 0 Å². The van der Waals surface area contributed by atoms with Crippen molar-refractivity contribution in [2.45, 2.75) is 44.4 Å². The predicted octanol–water partition coefficient (Wildman–Crippen LogP) is 1.34. The van der Waals surface area contributed by atoms with E-state index in [4.69, 9.17) is 4.74 Å². The molecule has 2 fully saturated rings. The average molecular weight is 262 g/mol.